The van der Waals surface area contributed by atoms with Crippen molar-refractivity contribution in [2.24, 2.45) is 0 Å². The van der Waals surface area contributed by atoms with Crippen molar-refractivity contribution in [3.63, 3.8) is 0 Å². The second-order valence-corrected chi connectivity index (χ2v) is 2.81. The largest absolute Gasteiger partial charge is 0.506 e. The average Bonchev–Trinajstić information content (AvgIpc) is 2.17. The van der Waals surface area contributed by atoms with Crippen LogP contribution in [0.2, 0.25) is 0 Å². The highest BCUT2D eigenvalue weighted by atomic mass is 35.5. The van der Waals surface area contributed by atoms with Crippen LogP contribution in [0, 0.1) is 11.3 Å². The van der Waals surface area contributed by atoms with Crippen LogP contribution in [0.25, 0.3) is 0 Å². The quantitative estimate of drug-likeness (QED) is 0.730. The van der Waals surface area contributed by atoms with E-state index in [9.17, 15) is 9.90 Å². The van der Waals surface area contributed by atoms with Crippen LogP contribution in [0.5, 0.6) is 5.75 Å². The molecule has 72 valence electrons. The molecule has 0 amide bonds. The van der Waals surface area contributed by atoms with Gasteiger partial charge in [0.25, 0.3) is 0 Å². The molecular weight excluding hydrogens is 206 g/mol. The number of nitriles is 1. The van der Waals surface area contributed by atoms with E-state index >= 15 is 0 Å². The summed E-state index contributed by atoms with van der Waals surface area (Å²) in [6.07, 6.45) is 0. The van der Waals surface area contributed by atoms with Crippen molar-refractivity contribution in [3.8, 4) is 11.8 Å². The maximum Gasteiger partial charge on any atom is 0.337 e. The van der Waals surface area contributed by atoms with Gasteiger partial charge in [0.15, 0.2) is 0 Å². The summed E-state index contributed by atoms with van der Waals surface area (Å²) in [5.41, 5.74) is -0.136. The number of hydrogen-bond donors (Lipinski definition) is 2. The van der Waals surface area contributed by atoms with Gasteiger partial charge in [-0.2, -0.15) is 5.26 Å². The molecule has 0 bridgehead atoms. The van der Waals surface area contributed by atoms with Crippen LogP contribution in [0.4, 0.5) is 0 Å². The number of nitrogens with zero attached hydrogens (tertiary/aromatic N) is 1. The summed E-state index contributed by atoms with van der Waals surface area (Å²) in [4.78, 5) is 10.6. The molecule has 2 N–H and O–H groups in total. The number of carboxylic acids is 1. The summed E-state index contributed by atoms with van der Waals surface area (Å²) in [5, 5.41) is 26.8. The van der Waals surface area contributed by atoms with E-state index in [1.165, 1.54) is 12.1 Å². The summed E-state index contributed by atoms with van der Waals surface area (Å²) in [5.74, 6) is -1.58. The Hall–Kier alpha value is -1.73. The fourth-order valence-electron chi connectivity index (χ4n) is 1.03. The Labute approximate surface area is 85.0 Å². The molecule has 1 aromatic rings. The van der Waals surface area contributed by atoms with Gasteiger partial charge in [0, 0.05) is 5.56 Å². The summed E-state index contributed by atoms with van der Waals surface area (Å²) in [6, 6.07) is 4.26. The molecule has 0 aliphatic heterocycles. The van der Waals surface area contributed by atoms with Crippen LogP contribution < -0.4 is 0 Å². The highest BCUT2D eigenvalue weighted by molar-refractivity contribution is 6.17. The minimum absolute atomic E-state index is 0.0282. The highest BCUT2D eigenvalue weighted by Crippen LogP contribution is 2.26. The summed E-state index contributed by atoms with van der Waals surface area (Å²) < 4.78 is 0. The van der Waals surface area contributed by atoms with Crippen molar-refractivity contribution in [3.05, 3.63) is 28.8 Å². The molecule has 0 saturated heterocycles. The van der Waals surface area contributed by atoms with Gasteiger partial charge in [-0.15, -0.1) is 11.6 Å². The molecular formula is C9H6ClNO3. The van der Waals surface area contributed by atoms with Crippen molar-refractivity contribution in [1.82, 2.24) is 0 Å². The molecule has 0 fully saturated rings. The molecule has 0 aliphatic carbocycles. The summed E-state index contributed by atoms with van der Waals surface area (Å²) >= 11 is 5.48. The summed E-state index contributed by atoms with van der Waals surface area (Å²) in [7, 11) is 0. The van der Waals surface area contributed by atoms with Gasteiger partial charge >= 0.3 is 5.97 Å². The van der Waals surface area contributed by atoms with Gasteiger partial charge < -0.3 is 10.2 Å². The van der Waals surface area contributed by atoms with Crippen LogP contribution in [0.3, 0.4) is 0 Å². The molecule has 0 aromatic heterocycles. The van der Waals surface area contributed by atoms with E-state index < -0.39 is 5.97 Å². The van der Waals surface area contributed by atoms with E-state index in [1.807, 2.05) is 0 Å². The van der Waals surface area contributed by atoms with Crippen LogP contribution in [-0.4, -0.2) is 16.2 Å². The molecule has 4 nitrogen and oxygen atoms in total. The van der Waals surface area contributed by atoms with Gasteiger partial charge in [0.1, 0.15) is 17.4 Å². The number of halogens is 1. The van der Waals surface area contributed by atoms with Gasteiger partial charge in [0.05, 0.1) is 11.4 Å². The Bertz CT molecular complexity index is 423. The van der Waals surface area contributed by atoms with E-state index in [-0.39, 0.29) is 22.8 Å². The van der Waals surface area contributed by atoms with Gasteiger partial charge in [-0.05, 0) is 6.07 Å². The lowest BCUT2D eigenvalue weighted by Gasteiger charge is -2.04. The zero-order chi connectivity index (χ0) is 10.7. The smallest absolute Gasteiger partial charge is 0.337 e. The first-order chi connectivity index (χ1) is 6.61. The van der Waals surface area contributed by atoms with E-state index in [4.69, 9.17) is 22.0 Å². The average molecular weight is 212 g/mol. The molecule has 0 aliphatic rings. The topological polar surface area (TPSA) is 81.3 Å². The van der Waals surface area contributed by atoms with Crippen LogP contribution in [0.1, 0.15) is 21.5 Å². The Morgan fingerprint density at radius 1 is 1.57 bits per heavy atom. The minimum atomic E-state index is -1.25. The van der Waals surface area contributed by atoms with Crippen molar-refractivity contribution in [1.29, 1.82) is 5.26 Å². The number of phenols is 1. The number of hydrogen-bond acceptors (Lipinski definition) is 3. The second kappa shape index (κ2) is 3.99. The van der Waals surface area contributed by atoms with E-state index in [1.54, 1.807) is 6.07 Å². The molecule has 5 heteroatoms. The second-order valence-electron chi connectivity index (χ2n) is 2.55. The fraction of sp³-hybridized carbons (Fsp3) is 0.111. The number of carboxylic acid groups (broad SMARTS) is 1. The molecule has 0 radical (unpaired) electrons. The number of aromatic hydroxyl groups is 1. The molecule has 0 atom stereocenters. The zero-order valence-corrected chi connectivity index (χ0v) is 7.75. The fourth-order valence-corrected chi connectivity index (χ4v) is 1.25. The third kappa shape index (κ3) is 1.63. The first kappa shape index (κ1) is 10.4. The van der Waals surface area contributed by atoms with E-state index in [0.717, 1.165) is 0 Å². The third-order valence-corrected chi connectivity index (χ3v) is 2.04. The first-order valence-electron chi connectivity index (χ1n) is 3.66. The molecule has 14 heavy (non-hydrogen) atoms. The molecule has 0 unspecified atom stereocenters. The predicted molar refractivity (Wildman–Crippen MR) is 49.3 cm³/mol. The van der Waals surface area contributed by atoms with Crippen LogP contribution in [0.15, 0.2) is 12.1 Å². The maximum absolute atomic E-state index is 10.6. The number of aromatic carboxylic acids is 1. The molecule has 0 heterocycles. The van der Waals surface area contributed by atoms with Crippen molar-refractivity contribution in [2.75, 3.05) is 0 Å². The Morgan fingerprint density at radius 2 is 2.21 bits per heavy atom. The lowest BCUT2D eigenvalue weighted by Crippen LogP contribution is -2.01. The number of carbonyl (C=O) groups is 1. The predicted octanol–water partition coefficient (Wildman–Crippen LogP) is 1.70. The van der Waals surface area contributed by atoms with Gasteiger partial charge in [-0.3, -0.25) is 0 Å². The van der Waals surface area contributed by atoms with Crippen molar-refractivity contribution < 1.29 is 15.0 Å². The number of phenolic OH excluding ortho intramolecular Hbond substituents is 1. The van der Waals surface area contributed by atoms with Crippen molar-refractivity contribution in [2.45, 2.75) is 5.88 Å². The number of alkyl halides is 1. The monoisotopic (exact) mass is 211 g/mol. The Kier molecular flexibility index (Phi) is 2.95. The molecule has 1 rings (SSSR count). The Balaban J connectivity index is 3.45. The first-order valence-corrected chi connectivity index (χ1v) is 4.19. The minimum Gasteiger partial charge on any atom is -0.506 e. The normalized spacial score (nSPS) is 9.43. The van der Waals surface area contributed by atoms with E-state index in [0.29, 0.717) is 5.56 Å². The highest BCUT2D eigenvalue weighted by Gasteiger charge is 2.16. The zero-order valence-electron chi connectivity index (χ0n) is 6.99. The standard InChI is InChI=1S/C9H6ClNO3/c10-3-5-1-2-6(9(13)14)7(4-11)8(5)12/h1-2,12H,3H2,(H,13,14). The van der Waals surface area contributed by atoms with Gasteiger partial charge in [-0.1, -0.05) is 6.07 Å². The lowest BCUT2D eigenvalue weighted by molar-refractivity contribution is 0.0696. The maximum atomic E-state index is 10.6. The van der Waals surface area contributed by atoms with Gasteiger partial charge in [0.2, 0.25) is 0 Å². The SMILES string of the molecule is N#Cc1c(C(=O)O)ccc(CCl)c1O. The third-order valence-electron chi connectivity index (χ3n) is 1.75. The number of benzene rings is 1. The van der Waals surface area contributed by atoms with Crippen LogP contribution in [-0.2, 0) is 5.88 Å². The van der Waals surface area contributed by atoms with Crippen LogP contribution >= 0.6 is 11.6 Å². The van der Waals surface area contributed by atoms with Crippen molar-refractivity contribution >= 4 is 17.6 Å². The molecule has 1 aromatic carbocycles. The number of rotatable bonds is 2. The molecule has 0 saturated carbocycles. The molecule has 0 spiro atoms. The summed E-state index contributed by atoms with van der Waals surface area (Å²) in [6.45, 7) is 0. The van der Waals surface area contributed by atoms with E-state index in [2.05, 4.69) is 0 Å². The Morgan fingerprint density at radius 3 is 2.64 bits per heavy atom. The van der Waals surface area contributed by atoms with Gasteiger partial charge in [-0.25, -0.2) is 4.79 Å². The lowest BCUT2D eigenvalue weighted by atomic mass is 10.0.